The first-order valence-electron chi connectivity index (χ1n) is 10.2. The highest BCUT2D eigenvalue weighted by Crippen LogP contribution is 2.22. The summed E-state index contributed by atoms with van der Waals surface area (Å²) in [6.45, 7) is 12.8. The number of rotatable bonds is 7. The summed E-state index contributed by atoms with van der Waals surface area (Å²) in [6, 6.07) is 3.18. The number of nitrogens with zero attached hydrogens (tertiary/aromatic N) is 6. The van der Waals surface area contributed by atoms with Gasteiger partial charge in [0.15, 0.2) is 0 Å². The number of nitrogens with one attached hydrogen (secondary N) is 1. The standard InChI is InChI=1S/C20H33N7/c1-6-7-18-22-15(4)12-19(24-18)26-10-8-17(9-11-26)23-16(5)20-25-21-13-27(20)14(2)3/h12-14,16-17,23H,6-11H2,1-5H3. The van der Waals surface area contributed by atoms with E-state index in [1.165, 1.54) is 0 Å². The third-order valence-electron chi connectivity index (χ3n) is 5.21. The summed E-state index contributed by atoms with van der Waals surface area (Å²) in [5, 5.41) is 12.2. The molecule has 0 aliphatic carbocycles. The van der Waals surface area contributed by atoms with Crippen molar-refractivity contribution in [2.24, 2.45) is 0 Å². The van der Waals surface area contributed by atoms with Crippen molar-refractivity contribution in [1.29, 1.82) is 0 Å². The summed E-state index contributed by atoms with van der Waals surface area (Å²) in [6.07, 6.45) is 6.05. The average Bonchev–Trinajstić information content (AvgIpc) is 3.12. The summed E-state index contributed by atoms with van der Waals surface area (Å²) in [5.74, 6) is 3.06. The van der Waals surface area contributed by atoms with Gasteiger partial charge in [0.05, 0.1) is 6.04 Å². The van der Waals surface area contributed by atoms with E-state index in [4.69, 9.17) is 4.98 Å². The number of hydrogen-bond donors (Lipinski definition) is 1. The van der Waals surface area contributed by atoms with Crippen molar-refractivity contribution in [3.05, 3.63) is 29.7 Å². The Hall–Kier alpha value is -2.02. The molecule has 1 N–H and O–H groups in total. The molecule has 1 aliphatic rings. The van der Waals surface area contributed by atoms with Crippen LogP contribution in [0.15, 0.2) is 12.4 Å². The molecular weight excluding hydrogens is 338 g/mol. The van der Waals surface area contributed by atoms with Crippen LogP contribution in [0, 0.1) is 6.92 Å². The molecule has 7 heteroatoms. The van der Waals surface area contributed by atoms with Crippen LogP contribution in [0.5, 0.6) is 0 Å². The predicted octanol–water partition coefficient (Wildman–Crippen LogP) is 3.23. The van der Waals surface area contributed by atoms with E-state index in [0.29, 0.717) is 12.1 Å². The number of aromatic nitrogens is 5. The minimum Gasteiger partial charge on any atom is -0.356 e. The third-order valence-corrected chi connectivity index (χ3v) is 5.21. The lowest BCUT2D eigenvalue weighted by Crippen LogP contribution is -2.44. The number of hydrogen-bond acceptors (Lipinski definition) is 6. The first kappa shape index (κ1) is 19.7. The average molecular weight is 372 g/mol. The van der Waals surface area contributed by atoms with Gasteiger partial charge in [-0.3, -0.25) is 0 Å². The van der Waals surface area contributed by atoms with Gasteiger partial charge in [-0.05, 0) is 47.0 Å². The summed E-state index contributed by atoms with van der Waals surface area (Å²) in [7, 11) is 0. The molecular formula is C20H33N7. The lowest BCUT2D eigenvalue weighted by molar-refractivity contribution is 0.363. The highest BCUT2D eigenvalue weighted by molar-refractivity contribution is 5.40. The van der Waals surface area contributed by atoms with Crippen molar-refractivity contribution in [2.75, 3.05) is 18.0 Å². The van der Waals surface area contributed by atoms with Gasteiger partial charge in [-0.25, -0.2) is 9.97 Å². The summed E-state index contributed by atoms with van der Waals surface area (Å²) >= 11 is 0. The van der Waals surface area contributed by atoms with Crippen molar-refractivity contribution in [3.8, 4) is 0 Å². The van der Waals surface area contributed by atoms with Crippen molar-refractivity contribution in [3.63, 3.8) is 0 Å². The Morgan fingerprint density at radius 2 is 1.93 bits per heavy atom. The zero-order chi connectivity index (χ0) is 19.4. The molecule has 1 aliphatic heterocycles. The number of piperidine rings is 1. The Balaban J connectivity index is 1.58. The van der Waals surface area contributed by atoms with Crippen LogP contribution < -0.4 is 10.2 Å². The van der Waals surface area contributed by atoms with E-state index in [2.05, 4.69) is 70.7 Å². The van der Waals surface area contributed by atoms with Gasteiger partial charge in [0.2, 0.25) is 0 Å². The molecule has 3 heterocycles. The highest BCUT2D eigenvalue weighted by Gasteiger charge is 2.24. The summed E-state index contributed by atoms with van der Waals surface area (Å²) in [5.41, 5.74) is 1.06. The fourth-order valence-electron chi connectivity index (χ4n) is 3.77. The maximum atomic E-state index is 4.78. The first-order chi connectivity index (χ1) is 13.0. The normalized spacial score (nSPS) is 16.9. The molecule has 0 spiro atoms. The predicted molar refractivity (Wildman–Crippen MR) is 108 cm³/mol. The molecule has 2 aromatic rings. The minimum absolute atomic E-state index is 0.198. The van der Waals surface area contributed by atoms with Gasteiger partial charge in [0, 0.05) is 43.4 Å². The summed E-state index contributed by atoms with van der Waals surface area (Å²) < 4.78 is 2.14. The molecule has 0 radical (unpaired) electrons. The first-order valence-corrected chi connectivity index (χ1v) is 10.2. The van der Waals surface area contributed by atoms with E-state index in [0.717, 1.165) is 61.9 Å². The SMILES string of the molecule is CCCc1nc(C)cc(N2CCC(NC(C)c3nncn3C(C)C)CC2)n1. The van der Waals surface area contributed by atoms with Gasteiger partial charge in [0.25, 0.3) is 0 Å². The second kappa shape index (κ2) is 8.78. The topological polar surface area (TPSA) is 71.8 Å². The Labute approximate surface area is 162 Å². The zero-order valence-electron chi connectivity index (χ0n) is 17.3. The van der Waals surface area contributed by atoms with Crippen LogP contribution in [0.25, 0.3) is 0 Å². The smallest absolute Gasteiger partial charge is 0.149 e. The molecule has 7 nitrogen and oxygen atoms in total. The molecule has 1 unspecified atom stereocenters. The fourth-order valence-corrected chi connectivity index (χ4v) is 3.77. The van der Waals surface area contributed by atoms with Crippen LogP contribution in [-0.4, -0.2) is 43.9 Å². The van der Waals surface area contributed by atoms with Gasteiger partial charge >= 0.3 is 0 Å². The van der Waals surface area contributed by atoms with E-state index in [9.17, 15) is 0 Å². The lowest BCUT2D eigenvalue weighted by Gasteiger charge is -2.34. The number of anilines is 1. The van der Waals surface area contributed by atoms with Crippen LogP contribution in [0.1, 0.15) is 76.4 Å². The van der Waals surface area contributed by atoms with Crippen LogP contribution >= 0.6 is 0 Å². The fraction of sp³-hybridized carbons (Fsp3) is 0.700. The Kier molecular flexibility index (Phi) is 6.42. The molecule has 1 fully saturated rings. The van der Waals surface area contributed by atoms with Gasteiger partial charge in [-0.15, -0.1) is 10.2 Å². The third kappa shape index (κ3) is 4.83. The molecule has 1 saturated heterocycles. The zero-order valence-corrected chi connectivity index (χ0v) is 17.3. The molecule has 148 valence electrons. The number of aryl methyl sites for hydroxylation is 2. The molecule has 0 amide bonds. The largest absolute Gasteiger partial charge is 0.356 e. The lowest BCUT2D eigenvalue weighted by atomic mass is 10.0. The minimum atomic E-state index is 0.198. The molecule has 27 heavy (non-hydrogen) atoms. The van der Waals surface area contributed by atoms with E-state index in [1.54, 1.807) is 0 Å². The van der Waals surface area contributed by atoms with Gasteiger partial charge in [-0.1, -0.05) is 6.92 Å². The summed E-state index contributed by atoms with van der Waals surface area (Å²) in [4.78, 5) is 11.7. The Bertz CT molecular complexity index is 732. The molecule has 0 bridgehead atoms. The Morgan fingerprint density at radius 3 is 2.59 bits per heavy atom. The van der Waals surface area contributed by atoms with Crippen LogP contribution in [0.4, 0.5) is 5.82 Å². The van der Waals surface area contributed by atoms with E-state index in [1.807, 2.05) is 6.33 Å². The maximum absolute atomic E-state index is 4.78. The quantitative estimate of drug-likeness (QED) is 0.806. The second-order valence-electron chi connectivity index (χ2n) is 7.87. The Morgan fingerprint density at radius 1 is 1.19 bits per heavy atom. The van der Waals surface area contributed by atoms with Crippen LogP contribution in [-0.2, 0) is 6.42 Å². The van der Waals surface area contributed by atoms with Gasteiger partial charge in [0.1, 0.15) is 23.8 Å². The molecule has 0 saturated carbocycles. The van der Waals surface area contributed by atoms with Crippen LogP contribution in [0.3, 0.4) is 0 Å². The van der Waals surface area contributed by atoms with Crippen molar-refractivity contribution >= 4 is 5.82 Å². The van der Waals surface area contributed by atoms with Crippen molar-refractivity contribution in [1.82, 2.24) is 30.0 Å². The highest BCUT2D eigenvalue weighted by atomic mass is 15.3. The van der Waals surface area contributed by atoms with E-state index in [-0.39, 0.29) is 6.04 Å². The molecule has 1 atom stereocenters. The second-order valence-corrected chi connectivity index (χ2v) is 7.87. The van der Waals surface area contributed by atoms with E-state index < -0.39 is 0 Å². The maximum Gasteiger partial charge on any atom is 0.149 e. The molecule has 3 rings (SSSR count). The van der Waals surface area contributed by atoms with Gasteiger partial charge in [-0.2, -0.15) is 0 Å². The van der Waals surface area contributed by atoms with Crippen LogP contribution in [0.2, 0.25) is 0 Å². The van der Waals surface area contributed by atoms with E-state index >= 15 is 0 Å². The molecule has 2 aromatic heterocycles. The molecule has 0 aromatic carbocycles. The van der Waals surface area contributed by atoms with Gasteiger partial charge < -0.3 is 14.8 Å². The van der Waals surface area contributed by atoms with Crippen molar-refractivity contribution in [2.45, 2.75) is 78.4 Å². The van der Waals surface area contributed by atoms with Crippen molar-refractivity contribution < 1.29 is 0 Å². The monoisotopic (exact) mass is 371 g/mol.